The monoisotopic (exact) mass is 243 g/mol. The van der Waals surface area contributed by atoms with Gasteiger partial charge in [0.15, 0.2) is 0 Å². The van der Waals surface area contributed by atoms with Crippen molar-refractivity contribution in [2.45, 2.75) is 5.92 Å². The Bertz CT molecular complexity index is 584. The van der Waals surface area contributed by atoms with Crippen LogP contribution in [0.5, 0.6) is 0 Å². The van der Waals surface area contributed by atoms with Crippen molar-refractivity contribution in [1.29, 1.82) is 0 Å². The van der Waals surface area contributed by atoms with Crippen LogP contribution in [0.15, 0.2) is 60.0 Å². The number of rotatable bonds is 2. The number of carbonyl (C=O) groups is 1. The zero-order chi connectivity index (χ0) is 13.3. The van der Waals surface area contributed by atoms with Crippen molar-refractivity contribution in [2.75, 3.05) is 0 Å². The number of nitrogens with two attached hydrogens (primary N) is 1. The van der Waals surface area contributed by atoms with E-state index < -0.39 is 11.9 Å². The van der Waals surface area contributed by atoms with Crippen LogP contribution in [-0.2, 0) is 0 Å². The molecule has 0 heterocycles. The van der Waals surface area contributed by atoms with Crippen molar-refractivity contribution in [1.82, 2.24) is 0 Å². The lowest BCUT2D eigenvalue weighted by Gasteiger charge is -2.22. The van der Waals surface area contributed by atoms with Gasteiger partial charge in [0.2, 0.25) is 0 Å². The quantitative estimate of drug-likeness (QED) is 0.744. The fourth-order valence-electron chi connectivity index (χ4n) is 1.94. The van der Waals surface area contributed by atoms with Crippen LogP contribution in [-0.4, -0.2) is 16.2 Å². The van der Waals surface area contributed by atoms with E-state index in [4.69, 9.17) is 10.8 Å². The van der Waals surface area contributed by atoms with Crippen LogP contribution >= 0.6 is 0 Å². The lowest BCUT2D eigenvalue weighted by Crippen LogP contribution is -2.14. The standard InChI is InChI=1S/C14H13NO3/c1-8-5-6-11(15)13(16)12(8)9-3-2-4-10(7-9)14(17)18/h2-7,12,16H,1,15H2,(H,17,18). The molecule has 1 aliphatic carbocycles. The number of carboxylic acids is 1. The predicted octanol–water partition coefficient (Wildman–Crippen LogP) is 2.32. The molecule has 0 aromatic heterocycles. The molecular formula is C14H13NO3. The van der Waals surface area contributed by atoms with Gasteiger partial charge in [0.25, 0.3) is 0 Å². The highest BCUT2D eigenvalue weighted by Crippen LogP contribution is 2.34. The van der Waals surface area contributed by atoms with Crippen molar-refractivity contribution in [3.63, 3.8) is 0 Å². The van der Waals surface area contributed by atoms with E-state index in [1.54, 1.807) is 24.3 Å². The highest BCUT2D eigenvalue weighted by Gasteiger charge is 2.23. The van der Waals surface area contributed by atoms with Gasteiger partial charge in [-0.25, -0.2) is 4.79 Å². The maximum absolute atomic E-state index is 10.9. The third kappa shape index (κ3) is 2.00. The van der Waals surface area contributed by atoms with Gasteiger partial charge >= 0.3 is 5.97 Å². The van der Waals surface area contributed by atoms with Gasteiger partial charge in [-0.2, -0.15) is 0 Å². The van der Waals surface area contributed by atoms with E-state index in [2.05, 4.69) is 6.58 Å². The third-order valence-electron chi connectivity index (χ3n) is 2.88. The maximum atomic E-state index is 10.9. The minimum atomic E-state index is -1.01. The first-order valence-electron chi connectivity index (χ1n) is 5.39. The summed E-state index contributed by atoms with van der Waals surface area (Å²) in [7, 11) is 0. The van der Waals surface area contributed by atoms with Gasteiger partial charge in [0, 0.05) is 0 Å². The zero-order valence-corrected chi connectivity index (χ0v) is 9.63. The molecule has 0 aliphatic heterocycles. The minimum Gasteiger partial charge on any atom is -0.509 e. The summed E-state index contributed by atoms with van der Waals surface area (Å²) in [4.78, 5) is 10.9. The molecule has 4 heteroatoms. The van der Waals surface area contributed by atoms with E-state index in [9.17, 15) is 9.90 Å². The number of carboxylic acid groups (broad SMARTS) is 1. The topological polar surface area (TPSA) is 83.5 Å². The minimum absolute atomic E-state index is 0.00467. The summed E-state index contributed by atoms with van der Waals surface area (Å²) >= 11 is 0. The zero-order valence-electron chi connectivity index (χ0n) is 9.63. The van der Waals surface area contributed by atoms with Crippen molar-refractivity contribution in [3.05, 3.63) is 71.2 Å². The first-order valence-corrected chi connectivity index (χ1v) is 5.39. The van der Waals surface area contributed by atoms with Crippen LogP contribution in [0.4, 0.5) is 0 Å². The number of allylic oxidation sites excluding steroid dienone is 3. The summed E-state index contributed by atoms with van der Waals surface area (Å²) in [5, 5.41) is 18.9. The Labute approximate surface area is 104 Å². The molecule has 0 radical (unpaired) electrons. The Hall–Kier alpha value is -2.49. The number of hydrogen-bond donors (Lipinski definition) is 3. The van der Waals surface area contributed by atoms with Gasteiger partial charge in [0.1, 0.15) is 5.76 Å². The normalized spacial score (nSPS) is 19.1. The highest BCUT2D eigenvalue weighted by molar-refractivity contribution is 5.87. The maximum Gasteiger partial charge on any atom is 0.335 e. The van der Waals surface area contributed by atoms with E-state index in [-0.39, 0.29) is 17.0 Å². The number of hydrogen-bond acceptors (Lipinski definition) is 3. The second-order valence-electron chi connectivity index (χ2n) is 4.11. The molecule has 4 nitrogen and oxygen atoms in total. The smallest absolute Gasteiger partial charge is 0.335 e. The average Bonchev–Trinajstić information content (AvgIpc) is 2.35. The van der Waals surface area contributed by atoms with E-state index >= 15 is 0 Å². The number of benzene rings is 1. The Morgan fingerprint density at radius 3 is 2.72 bits per heavy atom. The van der Waals surface area contributed by atoms with Gasteiger partial charge < -0.3 is 15.9 Å². The molecule has 0 bridgehead atoms. The third-order valence-corrected chi connectivity index (χ3v) is 2.88. The molecule has 1 unspecified atom stereocenters. The Balaban J connectivity index is 2.48. The molecule has 1 aromatic carbocycles. The average molecular weight is 243 g/mol. The largest absolute Gasteiger partial charge is 0.509 e. The molecule has 0 amide bonds. The van der Waals surface area contributed by atoms with Crippen LogP contribution in [0.1, 0.15) is 21.8 Å². The summed E-state index contributed by atoms with van der Waals surface area (Å²) in [6.45, 7) is 3.85. The van der Waals surface area contributed by atoms with E-state index in [1.807, 2.05) is 0 Å². The molecule has 4 N–H and O–H groups in total. The van der Waals surface area contributed by atoms with Crippen LogP contribution < -0.4 is 5.73 Å². The van der Waals surface area contributed by atoms with Crippen LogP contribution in [0.2, 0.25) is 0 Å². The lowest BCUT2D eigenvalue weighted by atomic mass is 9.85. The SMILES string of the molecule is C=C1C=CC(N)=C(O)C1c1cccc(C(=O)O)c1. The van der Waals surface area contributed by atoms with Crippen LogP contribution in [0, 0.1) is 0 Å². The second kappa shape index (κ2) is 4.41. The lowest BCUT2D eigenvalue weighted by molar-refractivity contribution is 0.0696. The number of aromatic carboxylic acids is 1. The first kappa shape index (κ1) is 12.0. The van der Waals surface area contributed by atoms with Crippen molar-refractivity contribution in [2.24, 2.45) is 5.73 Å². The molecule has 1 atom stereocenters. The summed E-state index contributed by atoms with van der Waals surface area (Å²) < 4.78 is 0. The fourth-order valence-corrected chi connectivity index (χ4v) is 1.94. The number of aliphatic hydroxyl groups excluding tert-OH is 1. The van der Waals surface area contributed by atoms with Gasteiger partial charge in [-0.3, -0.25) is 0 Å². The second-order valence-corrected chi connectivity index (χ2v) is 4.11. The highest BCUT2D eigenvalue weighted by atomic mass is 16.4. The Morgan fingerprint density at radius 2 is 2.06 bits per heavy atom. The summed E-state index contributed by atoms with van der Waals surface area (Å²) in [6.07, 6.45) is 3.29. The van der Waals surface area contributed by atoms with Crippen molar-refractivity contribution in [3.8, 4) is 0 Å². The molecule has 92 valence electrons. The molecule has 2 rings (SSSR count). The predicted molar refractivity (Wildman–Crippen MR) is 68.3 cm³/mol. The molecule has 0 saturated carbocycles. The van der Waals surface area contributed by atoms with Crippen LogP contribution in [0.3, 0.4) is 0 Å². The molecule has 18 heavy (non-hydrogen) atoms. The molecule has 0 fully saturated rings. The Morgan fingerprint density at radius 1 is 1.33 bits per heavy atom. The van der Waals surface area contributed by atoms with Gasteiger partial charge in [-0.15, -0.1) is 0 Å². The Kier molecular flexibility index (Phi) is 2.93. The molecular weight excluding hydrogens is 230 g/mol. The van der Waals surface area contributed by atoms with Crippen molar-refractivity contribution < 1.29 is 15.0 Å². The first-order chi connectivity index (χ1) is 8.50. The van der Waals surface area contributed by atoms with Crippen LogP contribution in [0.25, 0.3) is 0 Å². The number of aliphatic hydroxyl groups is 1. The molecule has 0 spiro atoms. The van der Waals surface area contributed by atoms with E-state index in [1.165, 1.54) is 12.1 Å². The summed E-state index contributed by atoms with van der Waals surface area (Å²) in [5.74, 6) is -1.48. The van der Waals surface area contributed by atoms with E-state index in [0.29, 0.717) is 11.1 Å². The molecule has 1 aliphatic rings. The molecule has 1 aromatic rings. The van der Waals surface area contributed by atoms with Crippen molar-refractivity contribution >= 4 is 5.97 Å². The summed E-state index contributed by atoms with van der Waals surface area (Å²) in [5.41, 5.74) is 7.42. The fraction of sp³-hybridized carbons (Fsp3) is 0.0714. The summed E-state index contributed by atoms with van der Waals surface area (Å²) in [6, 6.07) is 6.39. The van der Waals surface area contributed by atoms with Gasteiger partial charge in [-0.05, 0) is 29.3 Å². The van der Waals surface area contributed by atoms with E-state index in [0.717, 1.165) is 0 Å². The molecule has 0 saturated heterocycles. The van der Waals surface area contributed by atoms with Gasteiger partial charge in [-0.1, -0.05) is 24.8 Å². The van der Waals surface area contributed by atoms with Gasteiger partial charge in [0.05, 0.1) is 17.2 Å².